The van der Waals surface area contributed by atoms with E-state index in [9.17, 15) is 0 Å². The maximum atomic E-state index is 2.61. The summed E-state index contributed by atoms with van der Waals surface area (Å²) in [6.45, 7) is -0.116. The van der Waals surface area contributed by atoms with E-state index in [0.717, 1.165) is 16.9 Å². The van der Waals surface area contributed by atoms with Crippen LogP contribution in [0.25, 0.3) is 98.7 Å². The van der Waals surface area contributed by atoms with Crippen LogP contribution < -0.4 is 26.2 Å². The first kappa shape index (κ1) is 47.5. The van der Waals surface area contributed by atoms with Crippen LogP contribution in [0.5, 0.6) is 0 Å². The molecule has 396 valence electrons. The molecule has 15 aromatic carbocycles. The van der Waals surface area contributed by atoms with E-state index in [2.05, 4.69) is 319 Å². The summed E-state index contributed by atoms with van der Waals surface area (Å²) in [6, 6.07) is 117. The van der Waals surface area contributed by atoms with Crippen molar-refractivity contribution in [2.24, 2.45) is 0 Å². The zero-order valence-electron chi connectivity index (χ0n) is 46.9. The van der Waals surface area contributed by atoms with Crippen molar-refractivity contribution in [1.82, 2.24) is 0 Å². The maximum Gasteiger partial charge on any atom is 0.252 e. The second-order valence-electron chi connectivity index (χ2n) is 23.8. The van der Waals surface area contributed by atoms with Crippen molar-refractivity contribution in [2.45, 2.75) is 5.41 Å². The summed E-state index contributed by atoms with van der Waals surface area (Å²) >= 11 is 0. The highest BCUT2D eigenvalue weighted by Gasteiger charge is 2.52. The number of hydrogen-bond donors (Lipinski definition) is 0. The van der Waals surface area contributed by atoms with Gasteiger partial charge in [-0.2, -0.15) is 0 Å². The topological polar surface area (TPSA) is 6.48 Å². The van der Waals surface area contributed by atoms with Crippen LogP contribution in [0, 0.1) is 0 Å². The van der Waals surface area contributed by atoms with Gasteiger partial charge in [-0.15, -0.1) is 0 Å². The number of benzene rings is 15. The van der Waals surface area contributed by atoms with Gasteiger partial charge in [-0.3, -0.25) is 0 Å². The first-order valence-corrected chi connectivity index (χ1v) is 30.1. The molecule has 0 radical (unpaired) electrons. The molecule has 3 heteroatoms. The molecule has 0 N–H and O–H groups in total. The molecule has 0 aromatic heterocycles. The molecule has 0 bridgehead atoms. The highest BCUT2D eigenvalue weighted by Crippen LogP contribution is 2.63. The highest BCUT2D eigenvalue weighted by atomic mass is 15.2. The Bertz CT molecular complexity index is 5060. The van der Waals surface area contributed by atoms with Crippen LogP contribution in [-0.2, 0) is 5.41 Å². The molecule has 2 heterocycles. The zero-order valence-corrected chi connectivity index (χ0v) is 46.9. The molecule has 0 atom stereocenters. The number of fused-ring (bicyclic) bond motifs is 20. The standard InChI is InChI=1S/C83H51BN2/c1-3-17-52(18-4-1)54-35-40-62(41-36-54)85-78-50-70-59(33-31-56-21-7-9-23-64(56)70)46-76(78)84-77-47-60-34-32-57-22-8-10-24-65(57)71(60)51-79(77)86(63-42-37-55(38-43-63)53-19-5-2-6-20-53)81-49-61(48-80(85)82(81)84)58-39-44-69-68-27-13-16-30-74(68)83(75(69)45-58)72-28-14-11-25-66(72)67-26-12-15-29-73(67)83/h1-51H. The molecule has 0 fully saturated rings. The van der Waals surface area contributed by atoms with Crippen LogP contribution >= 0.6 is 0 Å². The van der Waals surface area contributed by atoms with Crippen molar-refractivity contribution in [1.29, 1.82) is 0 Å². The first-order chi connectivity index (χ1) is 42.6. The molecule has 15 aromatic rings. The molecule has 0 saturated heterocycles. The number of hydrogen-bond acceptors (Lipinski definition) is 2. The summed E-state index contributed by atoms with van der Waals surface area (Å²) in [5, 5.41) is 9.94. The Morgan fingerprint density at radius 2 is 0.616 bits per heavy atom. The van der Waals surface area contributed by atoms with E-state index < -0.39 is 5.41 Å². The van der Waals surface area contributed by atoms with Crippen LogP contribution in [0.3, 0.4) is 0 Å². The Balaban J connectivity index is 0.931. The van der Waals surface area contributed by atoms with E-state index in [1.54, 1.807) is 0 Å². The van der Waals surface area contributed by atoms with Gasteiger partial charge in [0.15, 0.2) is 0 Å². The van der Waals surface area contributed by atoms with Gasteiger partial charge in [-0.1, -0.05) is 255 Å². The van der Waals surface area contributed by atoms with Gasteiger partial charge in [0.25, 0.3) is 6.71 Å². The molecule has 2 aliphatic heterocycles. The Labute approximate surface area is 499 Å². The van der Waals surface area contributed by atoms with Crippen molar-refractivity contribution in [3.63, 3.8) is 0 Å². The lowest BCUT2D eigenvalue weighted by Crippen LogP contribution is -2.61. The average Bonchev–Trinajstić information content (AvgIpc) is 1.38. The minimum Gasteiger partial charge on any atom is -0.311 e. The van der Waals surface area contributed by atoms with Crippen LogP contribution in [0.2, 0.25) is 0 Å². The van der Waals surface area contributed by atoms with Gasteiger partial charge < -0.3 is 9.80 Å². The van der Waals surface area contributed by atoms with Gasteiger partial charge in [-0.25, -0.2) is 0 Å². The lowest BCUT2D eigenvalue weighted by molar-refractivity contribution is 0.794. The van der Waals surface area contributed by atoms with Crippen LogP contribution in [0.1, 0.15) is 22.3 Å². The van der Waals surface area contributed by atoms with E-state index >= 15 is 0 Å². The third-order valence-electron chi connectivity index (χ3n) is 19.6. The van der Waals surface area contributed by atoms with Crippen molar-refractivity contribution < 1.29 is 0 Å². The van der Waals surface area contributed by atoms with Gasteiger partial charge in [0.2, 0.25) is 0 Å². The summed E-state index contributed by atoms with van der Waals surface area (Å²) in [6.07, 6.45) is 0. The third-order valence-corrected chi connectivity index (χ3v) is 19.6. The molecule has 0 unspecified atom stereocenters. The van der Waals surface area contributed by atoms with Gasteiger partial charge in [0, 0.05) is 34.1 Å². The molecular weight excluding hydrogens is 1040 g/mol. The van der Waals surface area contributed by atoms with E-state index in [-0.39, 0.29) is 6.71 Å². The molecule has 2 nitrogen and oxygen atoms in total. The van der Waals surface area contributed by atoms with Crippen LogP contribution in [0.4, 0.5) is 34.1 Å². The minimum atomic E-state index is -0.493. The highest BCUT2D eigenvalue weighted by molar-refractivity contribution is 7.00. The minimum absolute atomic E-state index is 0.116. The smallest absolute Gasteiger partial charge is 0.252 e. The molecular formula is C83H51BN2. The van der Waals surface area contributed by atoms with E-state index in [0.29, 0.717) is 0 Å². The fourth-order valence-corrected chi connectivity index (χ4v) is 15.9. The van der Waals surface area contributed by atoms with Crippen LogP contribution in [-0.4, -0.2) is 6.71 Å². The summed E-state index contributed by atoms with van der Waals surface area (Å²) in [5.74, 6) is 0. The molecule has 0 amide bonds. The maximum absolute atomic E-state index is 2.61. The van der Waals surface area contributed by atoms with E-state index in [1.807, 2.05) is 0 Å². The van der Waals surface area contributed by atoms with E-state index in [1.165, 1.54) is 155 Å². The lowest BCUT2D eigenvalue weighted by Gasteiger charge is -2.45. The first-order valence-electron chi connectivity index (χ1n) is 30.1. The summed E-state index contributed by atoms with van der Waals surface area (Å²) in [7, 11) is 0. The third kappa shape index (κ3) is 6.63. The Hall–Kier alpha value is -11.0. The fourth-order valence-electron chi connectivity index (χ4n) is 15.9. The summed E-state index contributed by atoms with van der Waals surface area (Å²) < 4.78 is 0. The number of anilines is 6. The Morgan fingerprint density at radius 1 is 0.233 bits per heavy atom. The van der Waals surface area contributed by atoms with Gasteiger partial charge in [-0.05, 0) is 192 Å². The fraction of sp³-hybridized carbons (Fsp3) is 0.0120. The van der Waals surface area contributed by atoms with Crippen molar-refractivity contribution in [3.8, 4) is 55.6 Å². The molecule has 0 saturated carbocycles. The lowest BCUT2D eigenvalue weighted by atomic mass is 9.33. The van der Waals surface area contributed by atoms with Crippen molar-refractivity contribution >= 4 is 100 Å². The van der Waals surface area contributed by atoms with E-state index in [4.69, 9.17) is 0 Å². The molecule has 4 aliphatic rings. The largest absolute Gasteiger partial charge is 0.311 e. The monoisotopic (exact) mass is 1090 g/mol. The zero-order chi connectivity index (χ0) is 56.2. The second-order valence-corrected chi connectivity index (χ2v) is 23.8. The normalized spacial score (nSPS) is 13.6. The molecule has 19 rings (SSSR count). The number of nitrogens with zero attached hydrogens (tertiary/aromatic N) is 2. The second kappa shape index (κ2) is 18.0. The quantitative estimate of drug-likeness (QED) is 0.125. The van der Waals surface area contributed by atoms with Crippen molar-refractivity contribution in [2.75, 3.05) is 9.80 Å². The Morgan fingerprint density at radius 3 is 1.09 bits per heavy atom. The molecule has 1 spiro atoms. The van der Waals surface area contributed by atoms with Gasteiger partial charge >= 0.3 is 0 Å². The Kier molecular flexibility index (Phi) is 9.94. The van der Waals surface area contributed by atoms with Gasteiger partial charge in [0.05, 0.1) is 5.41 Å². The number of rotatable bonds is 5. The summed E-state index contributed by atoms with van der Waals surface area (Å²) in [5.41, 5.74) is 28.0. The summed E-state index contributed by atoms with van der Waals surface area (Å²) in [4.78, 5) is 5.21. The van der Waals surface area contributed by atoms with Gasteiger partial charge in [0.1, 0.15) is 0 Å². The average molecular weight is 1090 g/mol. The molecule has 2 aliphatic carbocycles. The predicted molar refractivity (Wildman–Crippen MR) is 363 cm³/mol. The predicted octanol–water partition coefficient (Wildman–Crippen LogP) is 19.7. The van der Waals surface area contributed by atoms with Crippen molar-refractivity contribution in [3.05, 3.63) is 332 Å². The molecule has 86 heavy (non-hydrogen) atoms. The van der Waals surface area contributed by atoms with Crippen LogP contribution in [0.15, 0.2) is 309 Å². The SMILES string of the molecule is c1ccc(-c2ccc(N3c4cc5c(ccc6ccccc65)cc4B4c5cc6ccc7ccccc7c6cc5N(c5ccc(-c6ccccc6)cc5)c5cc(-c6ccc7c(c6)C6(c8ccccc8-c8ccccc86)c6ccccc6-7)cc3c54)cc2)cc1.